The Morgan fingerprint density at radius 3 is 2.57 bits per heavy atom. The average Bonchev–Trinajstić information content (AvgIpc) is 3.01. The summed E-state index contributed by atoms with van der Waals surface area (Å²) in [5, 5.41) is 0. The molecule has 0 bridgehead atoms. The summed E-state index contributed by atoms with van der Waals surface area (Å²) in [6, 6.07) is 18.9. The Morgan fingerprint density at radius 2 is 1.78 bits per heavy atom. The van der Waals surface area contributed by atoms with Gasteiger partial charge in [-0.2, -0.15) is 0 Å². The van der Waals surface area contributed by atoms with E-state index < -0.39 is 0 Å². The molecule has 0 saturated carbocycles. The number of aryl methyl sites for hydroxylation is 2. The van der Waals surface area contributed by atoms with Gasteiger partial charge in [-0.25, -0.2) is 4.98 Å². The maximum Gasteiger partial charge on any atom is 0.0925 e. The molecule has 0 aliphatic carbocycles. The van der Waals surface area contributed by atoms with Gasteiger partial charge in [0.05, 0.1) is 18.6 Å². The van der Waals surface area contributed by atoms with E-state index in [-0.39, 0.29) is 0 Å². The van der Waals surface area contributed by atoms with Crippen molar-refractivity contribution in [3.8, 4) is 11.1 Å². The molecule has 0 atom stereocenters. The lowest BCUT2D eigenvalue weighted by Crippen LogP contribution is -2.00. The number of benzene rings is 2. The molecule has 0 aliphatic rings. The summed E-state index contributed by atoms with van der Waals surface area (Å²) in [4.78, 5) is 7.42. The number of hydrogen-bond donors (Lipinski definition) is 1. The summed E-state index contributed by atoms with van der Waals surface area (Å²) in [7, 11) is 0. The van der Waals surface area contributed by atoms with Gasteiger partial charge in [-0.1, -0.05) is 54.6 Å². The van der Waals surface area contributed by atoms with Crippen LogP contribution in [0.3, 0.4) is 0 Å². The first-order chi connectivity index (χ1) is 11.3. The summed E-state index contributed by atoms with van der Waals surface area (Å²) in [6.07, 6.45) is 3.69. The van der Waals surface area contributed by atoms with Gasteiger partial charge in [0.2, 0.25) is 0 Å². The quantitative estimate of drug-likeness (QED) is 0.651. The molecule has 1 heterocycles. The van der Waals surface area contributed by atoms with Crippen molar-refractivity contribution in [2.75, 3.05) is 6.61 Å². The van der Waals surface area contributed by atoms with E-state index >= 15 is 0 Å². The fourth-order valence-corrected chi connectivity index (χ4v) is 2.71. The Morgan fingerprint density at radius 1 is 1.00 bits per heavy atom. The van der Waals surface area contributed by atoms with Crippen LogP contribution in [0.2, 0.25) is 0 Å². The first-order valence-corrected chi connectivity index (χ1v) is 8.04. The van der Waals surface area contributed by atoms with E-state index in [2.05, 4.69) is 65.4 Å². The number of hydrogen-bond acceptors (Lipinski definition) is 2. The van der Waals surface area contributed by atoms with Crippen LogP contribution < -0.4 is 0 Å². The van der Waals surface area contributed by atoms with E-state index in [9.17, 15) is 0 Å². The molecule has 0 radical (unpaired) electrons. The van der Waals surface area contributed by atoms with Crippen molar-refractivity contribution < 1.29 is 4.74 Å². The van der Waals surface area contributed by atoms with E-state index in [1.807, 2.05) is 6.07 Å². The Hall–Kier alpha value is -2.39. The SMILES string of the molecule is Cc1[nH]cnc1CCCOCc1ccccc1-c1ccccc1. The highest BCUT2D eigenvalue weighted by Gasteiger charge is 2.05. The fourth-order valence-electron chi connectivity index (χ4n) is 2.71. The molecule has 1 aromatic heterocycles. The molecule has 0 spiro atoms. The van der Waals surface area contributed by atoms with Crippen molar-refractivity contribution in [2.45, 2.75) is 26.4 Å². The molecule has 0 aliphatic heterocycles. The average molecular weight is 306 g/mol. The molecule has 3 aromatic rings. The Kier molecular flexibility index (Phi) is 5.22. The van der Waals surface area contributed by atoms with E-state index in [0.717, 1.165) is 30.8 Å². The van der Waals surface area contributed by atoms with Gasteiger partial charge in [0.1, 0.15) is 0 Å². The van der Waals surface area contributed by atoms with Crippen LogP contribution in [0.1, 0.15) is 23.4 Å². The predicted octanol–water partition coefficient (Wildman–Crippen LogP) is 4.53. The summed E-state index contributed by atoms with van der Waals surface area (Å²) in [6.45, 7) is 3.44. The van der Waals surface area contributed by atoms with Gasteiger partial charge in [0.15, 0.2) is 0 Å². The van der Waals surface area contributed by atoms with Crippen molar-refractivity contribution in [3.63, 3.8) is 0 Å². The predicted molar refractivity (Wildman–Crippen MR) is 93.2 cm³/mol. The number of aromatic amines is 1. The number of ether oxygens (including phenoxy) is 1. The van der Waals surface area contributed by atoms with Crippen molar-refractivity contribution >= 4 is 0 Å². The lowest BCUT2D eigenvalue weighted by molar-refractivity contribution is 0.119. The van der Waals surface area contributed by atoms with E-state index in [1.54, 1.807) is 6.33 Å². The molecular formula is C20H22N2O. The highest BCUT2D eigenvalue weighted by atomic mass is 16.5. The van der Waals surface area contributed by atoms with Gasteiger partial charge in [-0.15, -0.1) is 0 Å². The normalized spacial score (nSPS) is 10.8. The molecule has 3 heteroatoms. The third-order valence-electron chi connectivity index (χ3n) is 4.00. The zero-order valence-electron chi connectivity index (χ0n) is 13.5. The van der Waals surface area contributed by atoms with E-state index in [4.69, 9.17) is 4.74 Å². The Balaban J connectivity index is 1.54. The third-order valence-corrected chi connectivity index (χ3v) is 4.00. The minimum atomic E-state index is 0.643. The van der Waals surface area contributed by atoms with Crippen LogP contribution in [0, 0.1) is 6.92 Å². The van der Waals surface area contributed by atoms with Crippen LogP contribution in [0.25, 0.3) is 11.1 Å². The molecule has 0 fully saturated rings. The molecule has 0 amide bonds. The number of rotatable bonds is 7. The molecule has 2 aromatic carbocycles. The number of imidazole rings is 1. The Labute approximate surface area is 137 Å². The number of H-pyrrole nitrogens is 1. The standard InChI is InChI=1S/C20H22N2O/c1-16-20(22-15-21-16)12-7-13-23-14-18-10-5-6-11-19(18)17-8-3-2-4-9-17/h2-6,8-11,15H,7,12-14H2,1H3,(H,21,22). The highest BCUT2D eigenvalue weighted by molar-refractivity contribution is 5.66. The van der Waals surface area contributed by atoms with Crippen LogP contribution in [0.4, 0.5) is 0 Å². The monoisotopic (exact) mass is 306 g/mol. The van der Waals surface area contributed by atoms with Gasteiger partial charge >= 0.3 is 0 Å². The molecule has 1 N–H and O–H groups in total. The maximum absolute atomic E-state index is 5.88. The summed E-state index contributed by atoms with van der Waals surface area (Å²) in [5.41, 5.74) is 6.00. The van der Waals surface area contributed by atoms with Crippen molar-refractivity contribution in [1.29, 1.82) is 0 Å². The smallest absolute Gasteiger partial charge is 0.0925 e. The summed E-state index contributed by atoms with van der Waals surface area (Å²) >= 11 is 0. The third kappa shape index (κ3) is 4.08. The highest BCUT2D eigenvalue weighted by Crippen LogP contribution is 2.23. The van der Waals surface area contributed by atoms with Crippen LogP contribution in [-0.2, 0) is 17.8 Å². The first kappa shape index (κ1) is 15.5. The van der Waals surface area contributed by atoms with Crippen molar-refractivity contribution in [3.05, 3.63) is 77.9 Å². The number of nitrogens with one attached hydrogen (secondary N) is 1. The fraction of sp³-hybridized carbons (Fsp3) is 0.250. The zero-order valence-corrected chi connectivity index (χ0v) is 13.5. The lowest BCUT2D eigenvalue weighted by Gasteiger charge is -2.10. The van der Waals surface area contributed by atoms with E-state index in [0.29, 0.717) is 6.61 Å². The molecule has 118 valence electrons. The second-order valence-corrected chi connectivity index (χ2v) is 5.65. The van der Waals surface area contributed by atoms with Crippen LogP contribution in [-0.4, -0.2) is 16.6 Å². The molecular weight excluding hydrogens is 284 g/mol. The molecule has 3 nitrogen and oxygen atoms in total. The van der Waals surface area contributed by atoms with Crippen LogP contribution in [0.5, 0.6) is 0 Å². The van der Waals surface area contributed by atoms with Gasteiger partial charge in [-0.3, -0.25) is 0 Å². The van der Waals surface area contributed by atoms with Gasteiger partial charge in [0, 0.05) is 12.3 Å². The van der Waals surface area contributed by atoms with Crippen LogP contribution in [0.15, 0.2) is 60.9 Å². The minimum absolute atomic E-state index is 0.643. The summed E-state index contributed by atoms with van der Waals surface area (Å²) < 4.78 is 5.88. The molecule has 23 heavy (non-hydrogen) atoms. The maximum atomic E-state index is 5.88. The first-order valence-electron chi connectivity index (χ1n) is 8.04. The summed E-state index contributed by atoms with van der Waals surface area (Å²) in [5.74, 6) is 0. The Bertz CT molecular complexity index is 734. The van der Waals surface area contributed by atoms with Crippen LogP contribution >= 0.6 is 0 Å². The van der Waals surface area contributed by atoms with Gasteiger partial charge in [-0.05, 0) is 36.5 Å². The molecule has 0 unspecified atom stereocenters. The zero-order chi connectivity index (χ0) is 15.9. The van der Waals surface area contributed by atoms with Crippen molar-refractivity contribution in [1.82, 2.24) is 9.97 Å². The molecule has 3 rings (SSSR count). The second kappa shape index (κ2) is 7.75. The minimum Gasteiger partial charge on any atom is -0.377 e. The van der Waals surface area contributed by atoms with E-state index in [1.165, 1.54) is 16.7 Å². The lowest BCUT2D eigenvalue weighted by atomic mass is 10.0. The van der Waals surface area contributed by atoms with Gasteiger partial charge < -0.3 is 9.72 Å². The molecule has 0 saturated heterocycles. The van der Waals surface area contributed by atoms with Crippen molar-refractivity contribution in [2.24, 2.45) is 0 Å². The number of aromatic nitrogens is 2. The number of nitrogens with zero attached hydrogens (tertiary/aromatic N) is 1. The largest absolute Gasteiger partial charge is 0.377 e. The van der Waals surface area contributed by atoms with Gasteiger partial charge in [0.25, 0.3) is 0 Å². The second-order valence-electron chi connectivity index (χ2n) is 5.65. The topological polar surface area (TPSA) is 37.9 Å².